The number of methoxy groups -OCH3 is 1. The van der Waals surface area contributed by atoms with Gasteiger partial charge in [0.25, 0.3) is 5.91 Å². The number of amides is 1. The smallest absolute Gasteiger partial charge is 0.255 e. The van der Waals surface area contributed by atoms with E-state index in [-0.39, 0.29) is 18.1 Å². The summed E-state index contributed by atoms with van der Waals surface area (Å²) in [4.78, 5) is 16.8. The predicted molar refractivity (Wildman–Crippen MR) is 87.9 cm³/mol. The third-order valence-electron chi connectivity index (χ3n) is 4.19. The second-order valence-corrected chi connectivity index (χ2v) is 5.81. The molecule has 0 unspecified atom stereocenters. The number of carbonyl (C=O) groups is 1. The molecule has 1 saturated heterocycles. The van der Waals surface area contributed by atoms with Crippen molar-refractivity contribution in [2.45, 2.75) is 31.9 Å². The number of hydrogen-bond donors (Lipinski definition) is 1. The normalized spacial score (nSPS) is 20.1. The Hall–Kier alpha value is -2.41. The summed E-state index contributed by atoms with van der Waals surface area (Å²) in [5.41, 5.74) is 2.36. The van der Waals surface area contributed by atoms with Crippen LogP contribution < -0.4 is 10.1 Å². The van der Waals surface area contributed by atoms with Crippen LogP contribution in [0.5, 0.6) is 5.88 Å². The minimum Gasteiger partial charge on any atom is -0.481 e. The summed E-state index contributed by atoms with van der Waals surface area (Å²) in [6.07, 6.45) is 4.78. The molecule has 1 N–H and O–H groups in total. The SMILES string of the molecule is CCc1nn(C)cc1C(=O)N[C@H]1CCO[C@@H]1c1ccc(OC)nc1. The maximum atomic E-state index is 12.6. The van der Waals surface area contributed by atoms with Gasteiger partial charge in [-0.3, -0.25) is 9.48 Å². The minimum absolute atomic E-state index is 0.0855. The van der Waals surface area contributed by atoms with Crippen molar-refractivity contribution in [3.8, 4) is 5.88 Å². The summed E-state index contributed by atoms with van der Waals surface area (Å²) >= 11 is 0. The Morgan fingerprint density at radius 1 is 1.50 bits per heavy atom. The van der Waals surface area contributed by atoms with Crippen LogP contribution in [-0.2, 0) is 18.2 Å². The fraction of sp³-hybridized carbons (Fsp3) is 0.471. The molecule has 0 aliphatic carbocycles. The van der Waals surface area contributed by atoms with Gasteiger partial charge in [0.15, 0.2) is 0 Å². The number of carbonyl (C=O) groups excluding carboxylic acids is 1. The van der Waals surface area contributed by atoms with Crippen molar-refractivity contribution in [2.75, 3.05) is 13.7 Å². The Morgan fingerprint density at radius 2 is 2.33 bits per heavy atom. The first-order valence-corrected chi connectivity index (χ1v) is 8.07. The monoisotopic (exact) mass is 330 g/mol. The van der Waals surface area contributed by atoms with Crippen LogP contribution in [0.3, 0.4) is 0 Å². The summed E-state index contributed by atoms with van der Waals surface area (Å²) in [5.74, 6) is 0.446. The van der Waals surface area contributed by atoms with Crippen LogP contribution in [0.15, 0.2) is 24.5 Å². The van der Waals surface area contributed by atoms with Gasteiger partial charge >= 0.3 is 0 Å². The van der Waals surface area contributed by atoms with Crippen LogP contribution in [0.1, 0.15) is 41.1 Å². The molecule has 2 aromatic heterocycles. The van der Waals surface area contributed by atoms with E-state index in [9.17, 15) is 4.79 Å². The molecule has 3 rings (SSSR count). The Balaban J connectivity index is 1.74. The molecule has 0 bridgehead atoms. The third kappa shape index (κ3) is 3.26. The van der Waals surface area contributed by atoms with Crippen molar-refractivity contribution >= 4 is 5.91 Å². The molecule has 7 nitrogen and oxygen atoms in total. The lowest BCUT2D eigenvalue weighted by Crippen LogP contribution is -2.37. The van der Waals surface area contributed by atoms with E-state index in [0.717, 1.165) is 24.1 Å². The molecule has 2 aromatic rings. The van der Waals surface area contributed by atoms with Gasteiger partial charge in [0.1, 0.15) is 6.10 Å². The van der Waals surface area contributed by atoms with Crippen LogP contribution in [-0.4, -0.2) is 40.4 Å². The zero-order valence-electron chi connectivity index (χ0n) is 14.2. The number of hydrogen-bond acceptors (Lipinski definition) is 5. The molecule has 24 heavy (non-hydrogen) atoms. The highest BCUT2D eigenvalue weighted by atomic mass is 16.5. The molecule has 0 aromatic carbocycles. The van der Waals surface area contributed by atoms with Crippen LogP contribution in [0.2, 0.25) is 0 Å². The second-order valence-electron chi connectivity index (χ2n) is 5.81. The Morgan fingerprint density at radius 3 is 3.00 bits per heavy atom. The van der Waals surface area contributed by atoms with Gasteiger partial charge in [-0.1, -0.05) is 6.92 Å². The van der Waals surface area contributed by atoms with Crippen molar-refractivity contribution < 1.29 is 14.3 Å². The van der Waals surface area contributed by atoms with E-state index in [1.165, 1.54) is 0 Å². The van der Waals surface area contributed by atoms with E-state index in [1.54, 1.807) is 30.3 Å². The maximum Gasteiger partial charge on any atom is 0.255 e. The molecule has 128 valence electrons. The van der Waals surface area contributed by atoms with Crippen molar-refractivity contribution in [3.63, 3.8) is 0 Å². The number of aryl methyl sites for hydroxylation is 2. The first-order chi connectivity index (χ1) is 11.6. The standard InChI is InChI=1S/C17H22N4O3/c1-4-13-12(10-21(2)20-13)17(22)19-14-7-8-24-16(14)11-5-6-15(23-3)18-9-11/h5-6,9-10,14,16H,4,7-8H2,1-3H3,(H,19,22)/t14-,16+/m0/s1. The molecule has 3 heterocycles. The third-order valence-corrected chi connectivity index (χ3v) is 4.19. The first kappa shape index (κ1) is 16.4. The van der Waals surface area contributed by atoms with E-state index >= 15 is 0 Å². The molecule has 0 saturated carbocycles. The van der Waals surface area contributed by atoms with Crippen molar-refractivity contribution in [2.24, 2.45) is 7.05 Å². The molecule has 1 fully saturated rings. The Bertz CT molecular complexity index is 711. The molecule has 0 radical (unpaired) electrons. The minimum atomic E-state index is -0.200. The van der Waals surface area contributed by atoms with Crippen molar-refractivity contribution in [3.05, 3.63) is 41.3 Å². The highest BCUT2D eigenvalue weighted by Gasteiger charge is 2.32. The summed E-state index contributed by atoms with van der Waals surface area (Å²) in [5, 5.41) is 7.41. The largest absolute Gasteiger partial charge is 0.481 e. The number of aromatic nitrogens is 3. The van der Waals surface area contributed by atoms with Crippen LogP contribution in [0, 0.1) is 0 Å². The van der Waals surface area contributed by atoms with Gasteiger partial charge in [0.2, 0.25) is 5.88 Å². The van der Waals surface area contributed by atoms with E-state index in [2.05, 4.69) is 15.4 Å². The Labute approximate surface area is 141 Å². The number of ether oxygens (including phenoxy) is 2. The predicted octanol–water partition coefficient (Wildman–Crippen LogP) is 1.65. The molecule has 1 aliphatic rings. The van der Waals surface area contributed by atoms with Crippen molar-refractivity contribution in [1.29, 1.82) is 0 Å². The van der Waals surface area contributed by atoms with Gasteiger partial charge in [0.05, 0.1) is 24.4 Å². The van der Waals surface area contributed by atoms with Crippen LogP contribution >= 0.6 is 0 Å². The summed E-state index contributed by atoms with van der Waals surface area (Å²) in [7, 11) is 3.40. The van der Waals surface area contributed by atoms with Crippen LogP contribution in [0.25, 0.3) is 0 Å². The Kier molecular flexibility index (Phi) is 4.80. The average Bonchev–Trinajstić information content (AvgIpc) is 3.21. The average molecular weight is 330 g/mol. The molecular weight excluding hydrogens is 308 g/mol. The fourth-order valence-corrected chi connectivity index (χ4v) is 2.98. The van der Waals surface area contributed by atoms with E-state index in [1.807, 2.05) is 20.0 Å². The number of nitrogens with zero attached hydrogens (tertiary/aromatic N) is 3. The molecule has 1 amide bonds. The number of nitrogens with one attached hydrogen (secondary N) is 1. The molecule has 7 heteroatoms. The van der Waals surface area contributed by atoms with Gasteiger partial charge in [-0.2, -0.15) is 5.10 Å². The highest BCUT2D eigenvalue weighted by Crippen LogP contribution is 2.29. The van der Waals surface area contributed by atoms with E-state index < -0.39 is 0 Å². The first-order valence-electron chi connectivity index (χ1n) is 8.07. The van der Waals surface area contributed by atoms with E-state index in [0.29, 0.717) is 18.1 Å². The van der Waals surface area contributed by atoms with E-state index in [4.69, 9.17) is 9.47 Å². The van der Waals surface area contributed by atoms with Gasteiger partial charge in [-0.05, 0) is 18.9 Å². The van der Waals surface area contributed by atoms with Crippen molar-refractivity contribution in [1.82, 2.24) is 20.1 Å². The summed E-state index contributed by atoms with van der Waals surface area (Å²) in [6.45, 7) is 2.60. The van der Waals surface area contributed by atoms with Gasteiger partial charge in [0, 0.05) is 37.7 Å². The molecule has 0 spiro atoms. The van der Waals surface area contributed by atoms with Gasteiger partial charge in [-0.25, -0.2) is 4.98 Å². The lowest BCUT2D eigenvalue weighted by molar-refractivity contribution is 0.0819. The maximum absolute atomic E-state index is 12.6. The second kappa shape index (κ2) is 7.00. The zero-order chi connectivity index (χ0) is 17.1. The summed E-state index contributed by atoms with van der Waals surface area (Å²) in [6, 6.07) is 3.63. The highest BCUT2D eigenvalue weighted by molar-refractivity contribution is 5.95. The topological polar surface area (TPSA) is 78.3 Å². The fourth-order valence-electron chi connectivity index (χ4n) is 2.98. The lowest BCUT2D eigenvalue weighted by atomic mass is 10.0. The quantitative estimate of drug-likeness (QED) is 0.902. The zero-order valence-corrected chi connectivity index (χ0v) is 14.2. The number of rotatable bonds is 5. The summed E-state index contributed by atoms with van der Waals surface area (Å²) < 4.78 is 12.6. The molecular formula is C17H22N4O3. The molecule has 2 atom stereocenters. The van der Waals surface area contributed by atoms with Gasteiger partial charge in [-0.15, -0.1) is 0 Å². The molecule has 1 aliphatic heterocycles. The lowest BCUT2D eigenvalue weighted by Gasteiger charge is -2.20. The van der Waals surface area contributed by atoms with Gasteiger partial charge < -0.3 is 14.8 Å². The number of pyridine rings is 1. The van der Waals surface area contributed by atoms with Crippen LogP contribution in [0.4, 0.5) is 0 Å².